The van der Waals surface area contributed by atoms with Crippen LogP contribution in [0, 0.1) is 18.6 Å². The van der Waals surface area contributed by atoms with Crippen LogP contribution in [0.1, 0.15) is 36.2 Å². The van der Waals surface area contributed by atoms with E-state index in [2.05, 4.69) is 32.0 Å². The Labute approximate surface area is 170 Å². The molecule has 0 spiro atoms. The number of methoxy groups -OCH3 is 1. The molecule has 3 aromatic rings. The van der Waals surface area contributed by atoms with Crippen LogP contribution in [0.25, 0.3) is 11.3 Å². The lowest BCUT2D eigenvalue weighted by molar-refractivity contribution is 0.292. The summed E-state index contributed by atoms with van der Waals surface area (Å²) in [6.45, 7) is 6.30. The number of halogens is 2. The molecule has 152 valence electrons. The summed E-state index contributed by atoms with van der Waals surface area (Å²) in [6, 6.07) is 11.7. The summed E-state index contributed by atoms with van der Waals surface area (Å²) in [5.41, 5.74) is 6.04. The first kappa shape index (κ1) is 20.8. The molecule has 0 fully saturated rings. The molecule has 0 radical (unpaired) electrons. The first-order valence-electron chi connectivity index (χ1n) is 9.71. The largest absolute Gasteiger partial charge is 0.496 e. The van der Waals surface area contributed by atoms with Crippen molar-refractivity contribution in [3.8, 4) is 22.8 Å². The summed E-state index contributed by atoms with van der Waals surface area (Å²) in [4.78, 5) is 4.82. The van der Waals surface area contributed by atoms with Gasteiger partial charge in [-0.15, -0.1) is 0 Å². The van der Waals surface area contributed by atoms with Gasteiger partial charge in [-0.2, -0.15) is 0 Å². The summed E-state index contributed by atoms with van der Waals surface area (Å²) in [7, 11) is 1.60. The molecule has 0 aliphatic carbocycles. The number of pyridine rings is 1. The molecule has 1 heterocycles. The Morgan fingerprint density at radius 2 is 1.62 bits per heavy atom. The predicted molar refractivity (Wildman–Crippen MR) is 110 cm³/mol. The first-order valence-corrected chi connectivity index (χ1v) is 9.71. The molecule has 3 nitrogen and oxygen atoms in total. The molecule has 5 heteroatoms. The number of hydrogen-bond donors (Lipinski definition) is 0. The van der Waals surface area contributed by atoms with E-state index >= 15 is 0 Å². The maximum absolute atomic E-state index is 13.4. The highest BCUT2D eigenvalue weighted by molar-refractivity contribution is 5.70. The van der Waals surface area contributed by atoms with Crippen LogP contribution in [-0.4, -0.2) is 12.1 Å². The van der Waals surface area contributed by atoms with E-state index < -0.39 is 11.6 Å². The number of benzene rings is 2. The summed E-state index contributed by atoms with van der Waals surface area (Å²) in [5.74, 6) is -0.941. The lowest BCUT2D eigenvalue weighted by atomic mass is 9.94. The molecule has 0 bridgehead atoms. The predicted octanol–water partition coefficient (Wildman–Crippen LogP) is 6.05. The van der Waals surface area contributed by atoms with Crippen LogP contribution in [0.15, 0.2) is 42.5 Å². The van der Waals surface area contributed by atoms with Crippen LogP contribution < -0.4 is 9.47 Å². The number of nitrogens with zero attached hydrogens (tertiary/aromatic N) is 1. The maximum atomic E-state index is 13.4. The number of rotatable bonds is 7. The minimum atomic E-state index is -0.942. The molecule has 0 N–H and O–H groups in total. The summed E-state index contributed by atoms with van der Waals surface area (Å²) in [6.07, 6.45) is 1.82. The summed E-state index contributed by atoms with van der Waals surface area (Å²) < 4.78 is 37.8. The molecular formula is C24H25F2NO2. The van der Waals surface area contributed by atoms with Crippen LogP contribution in [0.2, 0.25) is 0 Å². The Morgan fingerprint density at radius 3 is 2.21 bits per heavy atom. The molecule has 0 aliphatic rings. The molecule has 3 rings (SSSR count). The molecule has 0 unspecified atom stereocenters. The monoisotopic (exact) mass is 397 g/mol. The third-order valence-corrected chi connectivity index (χ3v) is 5.04. The lowest BCUT2D eigenvalue weighted by Crippen LogP contribution is -2.06. The van der Waals surface area contributed by atoms with Gasteiger partial charge in [0.25, 0.3) is 0 Å². The number of aryl methyl sites for hydroxylation is 3. The Balaban J connectivity index is 1.97. The van der Waals surface area contributed by atoms with Crippen molar-refractivity contribution in [2.24, 2.45) is 0 Å². The van der Waals surface area contributed by atoms with Gasteiger partial charge >= 0.3 is 0 Å². The quantitative estimate of drug-likeness (QED) is 0.486. The Hall–Kier alpha value is -2.95. The number of ether oxygens (including phenoxy) is 2. The Kier molecular flexibility index (Phi) is 6.47. The lowest BCUT2D eigenvalue weighted by Gasteiger charge is -2.17. The van der Waals surface area contributed by atoms with Crippen molar-refractivity contribution in [3.63, 3.8) is 0 Å². The maximum Gasteiger partial charge on any atom is 0.162 e. The molecule has 2 aromatic carbocycles. The smallest absolute Gasteiger partial charge is 0.162 e. The molecular weight excluding hydrogens is 372 g/mol. The van der Waals surface area contributed by atoms with Crippen molar-refractivity contribution in [3.05, 3.63) is 76.5 Å². The first-order chi connectivity index (χ1) is 14.0. The van der Waals surface area contributed by atoms with Gasteiger partial charge in [0.2, 0.25) is 0 Å². The summed E-state index contributed by atoms with van der Waals surface area (Å²) in [5, 5.41) is 0. The van der Waals surface area contributed by atoms with E-state index in [1.807, 2.05) is 13.0 Å². The van der Waals surface area contributed by atoms with Crippen molar-refractivity contribution in [1.29, 1.82) is 0 Å². The highest BCUT2D eigenvalue weighted by atomic mass is 19.2. The Bertz CT molecular complexity index is 996. The van der Waals surface area contributed by atoms with Crippen LogP contribution in [-0.2, 0) is 19.4 Å². The van der Waals surface area contributed by atoms with Gasteiger partial charge in [-0.3, -0.25) is 4.98 Å². The van der Waals surface area contributed by atoms with E-state index in [0.717, 1.165) is 47.5 Å². The SMILES string of the molecule is CCc1cccc(CC)c1-c1cc(OC)c(COc2ccc(F)c(F)c2)c(C)n1. The van der Waals surface area contributed by atoms with Crippen LogP contribution in [0.5, 0.6) is 11.5 Å². The van der Waals surface area contributed by atoms with E-state index in [1.54, 1.807) is 7.11 Å². The van der Waals surface area contributed by atoms with Crippen LogP contribution in [0.3, 0.4) is 0 Å². The molecule has 1 aromatic heterocycles. The van der Waals surface area contributed by atoms with E-state index in [-0.39, 0.29) is 12.4 Å². The highest BCUT2D eigenvalue weighted by Crippen LogP contribution is 2.33. The average molecular weight is 397 g/mol. The van der Waals surface area contributed by atoms with Crippen molar-refractivity contribution in [2.75, 3.05) is 7.11 Å². The molecule has 29 heavy (non-hydrogen) atoms. The second-order valence-corrected chi connectivity index (χ2v) is 6.80. The van der Waals surface area contributed by atoms with Gasteiger partial charge in [0.05, 0.1) is 18.4 Å². The van der Waals surface area contributed by atoms with Gasteiger partial charge < -0.3 is 9.47 Å². The van der Waals surface area contributed by atoms with Gasteiger partial charge in [0.1, 0.15) is 18.1 Å². The third-order valence-electron chi connectivity index (χ3n) is 5.04. The van der Waals surface area contributed by atoms with Crippen molar-refractivity contribution in [2.45, 2.75) is 40.2 Å². The van der Waals surface area contributed by atoms with Crippen molar-refractivity contribution < 1.29 is 18.3 Å². The van der Waals surface area contributed by atoms with E-state index in [4.69, 9.17) is 14.5 Å². The fourth-order valence-electron chi connectivity index (χ4n) is 3.45. The zero-order valence-electron chi connectivity index (χ0n) is 17.2. The van der Waals surface area contributed by atoms with E-state index in [0.29, 0.717) is 5.75 Å². The van der Waals surface area contributed by atoms with Gasteiger partial charge in [-0.25, -0.2) is 8.78 Å². The van der Waals surface area contributed by atoms with Gasteiger partial charge in [-0.05, 0) is 43.0 Å². The molecule has 0 saturated carbocycles. The molecule has 0 saturated heterocycles. The second kappa shape index (κ2) is 9.03. The second-order valence-electron chi connectivity index (χ2n) is 6.80. The number of aromatic nitrogens is 1. The van der Waals surface area contributed by atoms with Crippen LogP contribution >= 0.6 is 0 Å². The van der Waals surface area contributed by atoms with Crippen LogP contribution in [0.4, 0.5) is 8.78 Å². The zero-order chi connectivity index (χ0) is 21.0. The molecule has 0 amide bonds. The van der Waals surface area contributed by atoms with Gasteiger partial charge in [-0.1, -0.05) is 32.0 Å². The molecule has 0 atom stereocenters. The van der Waals surface area contributed by atoms with E-state index in [1.165, 1.54) is 17.2 Å². The third kappa shape index (κ3) is 4.39. The standard InChI is InChI=1S/C24H25F2NO2/c1-5-16-8-7-9-17(6-2)24(16)22-13-23(28-4)19(15(3)27-22)14-29-18-10-11-20(25)21(26)12-18/h7-13H,5-6,14H2,1-4H3. The summed E-state index contributed by atoms with van der Waals surface area (Å²) >= 11 is 0. The van der Waals surface area contributed by atoms with Gasteiger partial charge in [0.15, 0.2) is 11.6 Å². The minimum Gasteiger partial charge on any atom is -0.496 e. The highest BCUT2D eigenvalue weighted by Gasteiger charge is 2.16. The fraction of sp³-hybridized carbons (Fsp3) is 0.292. The zero-order valence-corrected chi connectivity index (χ0v) is 17.2. The fourth-order valence-corrected chi connectivity index (χ4v) is 3.45. The Morgan fingerprint density at radius 1 is 0.931 bits per heavy atom. The minimum absolute atomic E-state index is 0.142. The average Bonchev–Trinajstić information content (AvgIpc) is 2.73. The molecule has 0 aliphatic heterocycles. The van der Waals surface area contributed by atoms with Crippen molar-refractivity contribution in [1.82, 2.24) is 4.98 Å². The van der Waals surface area contributed by atoms with Gasteiger partial charge in [0, 0.05) is 23.4 Å². The number of hydrogen-bond acceptors (Lipinski definition) is 3. The normalized spacial score (nSPS) is 10.8. The van der Waals surface area contributed by atoms with Crippen molar-refractivity contribution >= 4 is 0 Å². The topological polar surface area (TPSA) is 31.4 Å². The van der Waals surface area contributed by atoms with E-state index in [9.17, 15) is 8.78 Å².